The molecule has 2 rings (SSSR count). The normalized spacial score (nSPS) is 31.5. The van der Waals surface area contributed by atoms with Crippen LogP contribution in [0.2, 0.25) is 0 Å². The molecule has 0 spiro atoms. The van der Waals surface area contributed by atoms with E-state index in [1.54, 1.807) is 0 Å². The molecule has 1 fully saturated rings. The fourth-order valence-corrected chi connectivity index (χ4v) is 3.05. The van der Waals surface area contributed by atoms with Crippen LogP contribution >= 0.6 is 11.6 Å². The summed E-state index contributed by atoms with van der Waals surface area (Å²) in [6, 6.07) is 0. The zero-order valence-corrected chi connectivity index (χ0v) is 9.02. The summed E-state index contributed by atoms with van der Waals surface area (Å²) < 4.78 is 0. The molecule has 1 heteroatoms. The van der Waals surface area contributed by atoms with Gasteiger partial charge in [-0.3, -0.25) is 0 Å². The van der Waals surface area contributed by atoms with E-state index in [0.717, 1.165) is 23.3 Å². The molecule has 0 N–H and O–H groups in total. The first kappa shape index (κ1) is 9.58. The van der Waals surface area contributed by atoms with E-state index in [0.29, 0.717) is 0 Å². The highest BCUT2D eigenvalue weighted by molar-refractivity contribution is 6.29. The maximum absolute atomic E-state index is 5.98. The summed E-state index contributed by atoms with van der Waals surface area (Å²) in [6.07, 6.45) is 13.4. The van der Waals surface area contributed by atoms with E-state index in [-0.39, 0.29) is 0 Å². The molecule has 0 radical (unpaired) electrons. The summed E-state index contributed by atoms with van der Waals surface area (Å²) in [5.74, 6) is 1.98. The van der Waals surface area contributed by atoms with Crippen LogP contribution in [0.5, 0.6) is 0 Å². The van der Waals surface area contributed by atoms with Gasteiger partial charge < -0.3 is 0 Å². The maximum atomic E-state index is 5.98. The predicted octanol–water partition coefficient (Wildman–Crippen LogP) is 4.49. The lowest BCUT2D eigenvalue weighted by atomic mass is 9.75. The fraction of sp³-hybridized carbons (Fsp3) is 0.833. The van der Waals surface area contributed by atoms with Gasteiger partial charge in [0.15, 0.2) is 0 Å². The molecule has 0 amide bonds. The first-order valence-corrected chi connectivity index (χ1v) is 6.08. The van der Waals surface area contributed by atoms with Crippen molar-refractivity contribution in [1.82, 2.24) is 0 Å². The van der Waals surface area contributed by atoms with Crippen molar-refractivity contribution in [1.29, 1.82) is 0 Å². The molecule has 0 aromatic carbocycles. The molecule has 0 aliphatic heterocycles. The standard InChI is InChI=1S/C12H19Cl/c13-12-8-6-11(7-9-12)10-4-2-1-3-5-10/h8,10-11H,1-7,9H2. The number of rotatable bonds is 1. The smallest absolute Gasteiger partial charge is 0.0141 e. The van der Waals surface area contributed by atoms with Gasteiger partial charge in [0.2, 0.25) is 0 Å². The van der Waals surface area contributed by atoms with Crippen LogP contribution < -0.4 is 0 Å². The highest BCUT2D eigenvalue weighted by atomic mass is 35.5. The van der Waals surface area contributed by atoms with Crippen molar-refractivity contribution in [3.63, 3.8) is 0 Å². The molecule has 0 nitrogen and oxygen atoms in total. The van der Waals surface area contributed by atoms with E-state index < -0.39 is 0 Å². The molecule has 0 bridgehead atoms. The molecule has 1 atom stereocenters. The monoisotopic (exact) mass is 198 g/mol. The Morgan fingerprint density at radius 1 is 1.00 bits per heavy atom. The van der Waals surface area contributed by atoms with E-state index in [4.69, 9.17) is 11.6 Å². The number of allylic oxidation sites excluding steroid dienone is 2. The molecule has 2 aliphatic carbocycles. The molecule has 1 unspecified atom stereocenters. The topological polar surface area (TPSA) is 0 Å². The minimum atomic E-state index is 0.961. The van der Waals surface area contributed by atoms with Gasteiger partial charge in [0.25, 0.3) is 0 Å². The molecule has 0 saturated heterocycles. The van der Waals surface area contributed by atoms with Crippen molar-refractivity contribution in [3.8, 4) is 0 Å². The van der Waals surface area contributed by atoms with Crippen LogP contribution in [-0.2, 0) is 0 Å². The second kappa shape index (κ2) is 4.50. The van der Waals surface area contributed by atoms with Crippen LogP contribution in [0.3, 0.4) is 0 Å². The van der Waals surface area contributed by atoms with E-state index >= 15 is 0 Å². The zero-order valence-electron chi connectivity index (χ0n) is 8.27. The van der Waals surface area contributed by atoms with Gasteiger partial charge >= 0.3 is 0 Å². The number of hydrogen-bond donors (Lipinski definition) is 0. The Labute approximate surface area is 86.4 Å². The molecule has 74 valence electrons. The van der Waals surface area contributed by atoms with Gasteiger partial charge in [-0.15, -0.1) is 0 Å². The summed E-state index contributed by atoms with van der Waals surface area (Å²) in [6.45, 7) is 0. The second-order valence-electron chi connectivity index (χ2n) is 4.58. The predicted molar refractivity (Wildman–Crippen MR) is 57.9 cm³/mol. The largest absolute Gasteiger partial charge is 0.0895 e. The molecule has 0 aromatic rings. The third kappa shape index (κ3) is 2.49. The second-order valence-corrected chi connectivity index (χ2v) is 5.07. The Bertz CT molecular complexity index is 189. The van der Waals surface area contributed by atoms with E-state index in [2.05, 4.69) is 6.08 Å². The van der Waals surface area contributed by atoms with Crippen molar-refractivity contribution in [2.24, 2.45) is 11.8 Å². The third-order valence-corrected chi connectivity index (χ3v) is 4.06. The van der Waals surface area contributed by atoms with Gasteiger partial charge in [-0.05, 0) is 31.1 Å². The molecular formula is C12H19Cl. The molecule has 13 heavy (non-hydrogen) atoms. The average molecular weight is 199 g/mol. The average Bonchev–Trinajstić information content (AvgIpc) is 2.20. The Balaban J connectivity index is 1.86. The minimum absolute atomic E-state index is 0.961. The van der Waals surface area contributed by atoms with Crippen LogP contribution in [0.1, 0.15) is 51.4 Å². The summed E-state index contributed by atoms with van der Waals surface area (Å²) >= 11 is 5.98. The molecular weight excluding hydrogens is 180 g/mol. The highest BCUT2D eigenvalue weighted by Crippen LogP contribution is 2.38. The number of hydrogen-bond acceptors (Lipinski definition) is 0. The quantitative estimate of drug-likeness (QED) is 0.583. The molecule has 0 aromatic heterocycles. The summed E-state index contributed by atoms with van der Waals surface area (Å²) in [5, 5.41) is 1.10. The Hall–Kier alpha value is 0.0300. The Morgan fingerprint density at radius 2 is 1.77 bits per heavy atom. The van der Waals surface area contributed by atoms with Gasteiger partial charge in [0.1, 0.15) is 0 Å². The van der Waals surface area contributed by atoms with Crippen LogP contribution in [0.25, 0.3) is 0 Å². The SMILES string of the molecule is ClC1=CCC(C2CCCCC2)CC1. The van der Waals surface area contributed by atoms with Crippen LogP contribution in [-0.4, -0.2) is 0 Å². The molecule has 0 heterocycles. The Morgan fingerprint density at radius 3 is 2.38 bits per heavy atom. The van der Waals surface area contributed by atoms with Crippen molar-refractivity contribution in [2.45, 2.75) is 51.4 Å². The summed E-state index contributed by atoms with van der Waals surface area (Å²) in [4.78, 5) is 0. The van der Waals surface area contributed by atoms with Gasteiger partial charge in [0, 0.05) is 5.03 Å². The van der Waals surface area contributed by atoms with Crippen molar-refractivity contribution < 1.29 is 0 Å². The minimum Gasteiger partial charge on any atom is -0.0895 e. The van der Waals surface area contributed by atoms with Crippen molar-refractivity contribution in [2.75, 3.05) is 0 Å². The first-order chi connectivity index (χ1) is 6.36. The van der Waals surface area contributed by atoms with Crippen molar-refractivity contribution >= 4 is 11.6 Å². The Kier molecular flexibility index (Phi) is 3.32. The lowest BCUT2D eigenvalue weighted by Gasteiger charge is -2.31. The van der Waals surface area contributed by atoms with Crippen LogP contribution in [0.15, 0.2) is 11.1 Å². The van der Waals surface area contributed by atoms with Gasteiger partial charge in [0.05, 0.1) is 0 Å². The summed E-state index contributed by atoms with van der Waals surface area (Å²) in [5.41, 5.74) is 0. The lowest BCUT2D eigenvalue weighted by molar-refractivity contribution is 0.233. The van der Waals surface area contributed by atoms with E-state index in [1.807, 2.05) is 0 Å². The fourth-order valence-electron chi connectivity index (χ4n) is 2.86. The molecule has 2 aliphatic rings. The maximum Gasteiger partial charge on any atom is 0.0141 e. The highest BCUT2D eigenvalue weighted by Gasteiger charge is 2.24. The van der Waals surface area contributed by atoms with Crippen LogP contribution in [0, 0.1) is 11.8 Å². The van der Waals surface area contributed by atoms with Gasteiger partial charge in [-0.2, -0.15) is 0 Å². The van der Waals surface area contributed by atoms with E-state index in [9.17, 15) is 0 Å². The third-order valence-electron chi connectivity index (χ3n) is 3.71. The van der Waals surface area contributed by atoms with Gasteiger partial charge in [-0.25, -0.2) is 0 Å². The van der Waals surface area contributed by atoms with Crippen molar-refractivity contribution in [3.05, 3.63) is 11.1 Å². The summed E-state index contributed by atoms with van der Waals surface area (Å²) in [7, 11) is 0. The zero-order chi connectivity index (χ0) is 9.10. The van der Waals surface area contributed by atoms with E-state index in [1.165, 1.54) is 44.9 Å². The van der Waals surface area contributed by atoms with Crippen LogP contribution in [0.4, 0.5) is 0 Å². The lowest BCUT2D eigenvalue weighted by Crippen LogP contribution is -2.19. The van der Waals surface area contributed by atoms with Gasteiger partial charge in [-0.1, -0.05) is 49.8 Å². The number of halogens is 1. The molecule has 1 saturated carbocycles. The first-order valence-electron chi connectivity index (χ1n) is 5.71.